The van der Waals surface area contributed by atoms with Gasteiger partial charge >= 0.3 is 6.18 Å². The summed E-state index contributed by atoms with van der Waals surface area (Å²) in [5, 5.41) is 6.13. The van der Waals surface area contributed by atoms with E-state index in [-0.39, 0.29) is 6.42 Å². The summed E-state index contributed by atoms with van der Waals surface area (Å²) >= 11 is 0. The summed E-state index contributed by atoms with van der Waals surface area (Å²) < 4.78 is 41.5. The van der Waals surface area contributed by atoms with Crippen molar-refractivity contribution in [2.75, 3.05) is 32.8 Å². The molecule has 0 aliphatic rings. The third kappa shape index (κ3) is 15.4. The zero-order chi connectivity index (χ0) is 16.7. The Morgan fingerprint density at radius 2 is 1.73 bits per heavy atom. The van der Waals surface area contributed by atoms with Gasteiger partial charge in [0.15, 0.2) is 5.96 Å². The fourth-order valence-electron chi connectivity index (χ4n) is 1.70. The number of unbranched alkanes of at least 4 members (excludes halogenated alkanes) is 2. The van der Waals surface area contributed by atoms with Crippen molar-refractivity contribution in [1.29, 1.82) is 0 Å². The van der Waals surface area contributed by atoms with Crippen LogP contribution >= 0.6 is 0 Å². The van der Waals surface area contributed by atoms with Crippen LogP contribution in [0.5, 0.6) is 0 Å². The van der Waals surface area contributed by atoms with E-state index < -0.39 is 12.6 Å². The summed E-state index contributed by atoms with van der Waals surface area (Å²) in [6.07, 6.45) is -1.13. The molecule has 0 atom stereocenters. The quantitative estimate of drug-likeness (QED) is 0.328. The highest BCUT2D eigenvalue weighted by Crippen LogP contribution is 2.21. The van der Waals surface area contributed by atoms with Crippen LogP contribution in [-0.4, -0.2) is 45.0 Å². The van der Waals surface area contributed by atoms with E-state index in [1.54, 1.807) is 0 Å². The molecule has 0 aromatic heterocycles. The molecule has 0 bridgehead atoms. The van der Waals surface area contributed by atoms with E-state index in [2.05, 4.69) is 22.5 Å². The molecule has 0 fully saturated rings. The molecule has 0 aliphatic carbocycles. The van der Waals surface area contributed by atoms with E-state index in [4.69, 9.17) is 4.74 Å². The molecule has 0 saturated carbocycles. The van der Waals surface area contributed by atoms with Crippen LogP contribution in [0.25, 0.3) is 0 Å². The molecular weight excluding hydrogens is 295 g/mol. The van der Waals surface area contributed by atoms with Crippen LogP contribution in [0.1, 0.15) is 52.4 Å². The van der Waals surface area contributed by atoms with Gasteiger partial charge in [0, 0.05) is 39.3 Å². The number of nitrogens with zero attached hydrogens (tertiary/aromatic N) is 1. The third-order valence-corrected chi connectivity index (χ3v) is 2.88. The van der Waals surface area contributed by atoms with Crippen LogP contribution in [0.4, 0.5) is 13.2 Å². The molecule has 0 radical (unpaired) electrons. The van der Waals surface area contributed by atoms with E-state index in [1.807, 2.05) is 6.92 Å². The van der Waals surface area contributed by atoms with Crippen LogP contribution in [-0.2, 0) is 4.74 Å². The molecule has 132 valence electrons. The number of ether oxygens (including phenoxy) is 1. The van der Waals surface area contributed by atoms with Crippen molar-refractivity contribution in [3.8, 4) is 0 Å². The maximum atomic E-state index is 12.0. The van der Waals surface area contributed by atoms with Crippen LogP contribution in [0.3, 0.4) is 0 Å². The normalized spacial score (nSPS) is 12.5. The van der Waals surface area contributed by atoms with Crippen LogP contribution in [0, 0.1) is 0 Å². The molecule has 22 heavy (non-hydrogen) atoms. The Morgan fingerprint density at radius 3 is 2.36 bits per heavy atom. The molecule has 0 amide bonds. The third-order valence-electron chi connectivity index (χ3n) is 2.88. The van der Waals surface area contributed by atoms with Gasteiger partial charge in [0.25, 0.3) is 0 Å². The maximum Gasteiger partial charge on any atom is 0.389 e. The molecule has 0 rings (SSSR count). The Balaban J connectivity index is 3.72. The standard InChI is InChI=1S/C15H30F3N3O/c1-3-5-12-22-13-8-11-21-14(19-4-2)20-10-7-6-9-15(16,17)18/h3-13H2,1-2H3,(H2,19,20,21). The van der Waals surface area contributed by atoms with Crippen molar-refractivity contribution in [1.82, 2.24) is 10.6 Å². The molecule has 0 unspecified atom stereocenters. The summed E-state index contributed by atoms with van der Waals surface area (Å²) in [6, 6.07) is 0. The molecule has 0 aromatic carbocycles. The van der Waals surface area contributed by atoms with Gasteiger partial charge in [0.1, 0.15) is 0 Å². The SMILES string of the molecule is CCCCOCCCN=C(NCC)NCCCCC(F)(F)F. The highest BCUT2D eigenvalue weighted by atomic mass is 19.4. The lowest BCUT2D eigenvalue weighted by Gasteiger charge is -2.11. The predicted molar refractivity (Wildman–Crippen MR) is 84.2 cm³/mol. The minimum Gasteiger partial charge on any atom is -0.381 e. The van der Waals surface area contributed by atoms with Crippen molar-refractivity contribution in [3.05, 3.63) is 0 Å². The summed E-state index contributed by atoms with van der Waals surface area (Å²) in [5.41, 5.74) is 0. The molecule has 2 N–H and O–H groups in total. The van der Waals surface area contributed by atoms with Crippen molar-refractivity contribution < 1.29 is 17.9 Å². The van der Waals surface area contributed by atoms with Gasteiger partial charge in [-0.2, -0.15) is 13.2 Å². The molecule has 0 spiro atoms. The first-order valence-electron chi connectivity index (χ1n) is 8.16. The van der Waals surface area contributed by atoms with E-state index in [0.29, 0.717) is 32.1 Å². The Bertz CT molecular complexity index is 284. The number of alkyl halides is 3. The fourth-order valence-corrected chi connectivity index (χ4v) is 1.70. The lowest BCUT2D eigenvalue weighted by molar-refractivity contribution is -0.135. The van der Waals surface area contributed by atoms with Crippen molar-refractivity contribution in [2.45, 2.75) is 58.5 Å². The van der Waals surface area contributed by atoms with Gasteiger partial charge in [-0.15, -0.1) is 0 Å². The van der Waals surface area contributed by atoms with Crippen LogP contribution in [0.2, 0.25) is 0 Å². The first-order valence-corrected chi connectivity index (χ1v) is 8.16. The summed E-state index contributed by atoms with van der Waals surface area (Å²) in [5.74, 6) is 0.656. The van der Waals surface area contributed by atoms with Crippen molar-refractivity contribution in [2.24, 2.45) is 4.99 Å². The molecule has 0 aromatic rings. The number of hydrogen-bond donors (Lipinski definition) is 2. The first kappa shape index (κ1) is 21.0. The van der Waals surface area contributed by atoms with Gasteiger partial charge in [0.2, 0.25) is 0 Å². The van der Waals surface area contributed by atoms with Gasteiger partial charge in [-0.3, -0.25) is 4.99 Å². The Hall–Kier alpha value is -0.980. The second-order valence-electron chi connectivity index (χ2n) is 5.08. The number of halogens is 3. The Labute approximate surface area is 131 Å². The molecule has 0 saturated heterocycles. The van der Waals surface area contributed by atoms with E-state index in [0.717, 1.165) is 32.4 Å². The van der Waals surface area contributed by atoms with Crippen molar-refractivity contribution in [3.63, 3.8) is 0 Å². The second kappa shape index (κ2) is 13.7. The zero-order valence-corrected chi connectivity index (χ0v) is 13.8. The second-order valence-corrected chi connectivity index (χ2v) is 5.08. The smallest absolute Gasteiger partial charge is 0.381 e. The number of aliphatic imine (C=N–C) groups is 1. The summed E-state index contributed by atoms with van der Waals surface area (Å²) in [7, 11) is 0. The predicted octanol–water partition coefficient (Wildman–Crippen LogP) is 3.48. The highest BCUT2D eigenvalue weighted by molar-refractivity contribution is 5.79. The van der Waals surface area contributed by atoms with Gasteiger partial charge in [-0.1, -0.05) is 13.3 Å². The van der Waals surface area contributed by atoms with Gasteiger partial charge in [-0.25, -0.2) is 0 Å². The van der Waals surface area contributed by atoms with Crippen LogP contribution < -0.4 is 10.6 Å². The largest absolute Gasteiger partial charge is 0.389 e. The Morgan fingerprint density at radius 1 is 1.00 bits per heavy atom. The molecule has 4 nitrogen and oxygen atoms in total. The monoisotopic (exact) mass is 325 g/mol. The molecule has 7 heteroatoms. The lowest BCUT2D eigenvalue weighted by atomic mass is 10.2. The Kier molecular flexibility index (Phi) is 13.1. The average Bonchev–Trinajstić information content (AvgIpc) is 2.44. The lowest BCUT2D eigenvalue weighted by Crippen LogP contribution is -2.38. The summed E-state index contributed by atoms with van der Waals surface area (Å²) in [6.45, 7) is 7.41. The average molecular weight is 325 g/mol. The molecule has 0 aliphatic heterocycles. The van der Waals surface area contributed by atoms with Gasteiger partial charge in [0.05, 0.1) is 0 Å². The molecule has 0 heterocycles. The summed E-state index contributed by atoms with van der Waals surface area (Å²) in [4.78, 5) is 4.37. The van der Waals surface area contributed by atoms with Crippen molar-refractivity contribution >= 4 is 5.96 Å². The minimum absolute atomic E-state index is 0.140. The number of guanidine groups is 1. The molecular formula is C15H30F3N3O. The number of hydrogen-bond acceptors (Lipinski definition) is 2. The zero-order valence-electron chi connectivity index (χ0n) is 13.8. The number of nitrogens with one attached hydrogen (secondary N) is 2. The number of rotatable bonds is 12. The minimum atomic E-state index is -4.06. The fraction of sp³-hybridized carbons (Fsp3) is 0.933. The van der Waals surface area contributed by atoms with E-state index in [1.165, 1.54) is 0 Å². The first-order chi connectivity index (χ1) is 10.5. The van der Waals surface area contributed by atoms with Gasteiger partial charge < -0.3 is 15.4 Å². The van der Waals surface area contributed by atoms with Crippen LogP contribution in [0.15, 0.2) is 4.99 Å². The highest BCUT2D eigenvalue weighted by Gasteiger charge is 2.25. The topological polar surface area (TPSA) is 45.6 Å². The van der Waals surface area contributed by atoms with E-state index in [9.17, 15) is 13.2 Å². The maximum absolute atomic E-state index is 12.0. The van der Waals surface area contributed by atoms with Gasteiger partial charge in [-0.05, 0) is 32.6 Å². The van der Waals surface area contributed by atoms with E-state index >= 15 is 0 Å².